The quantitative estimate of drug-likeness (QED) is 0.820. The van der Waals surface area contributed by atoms with Crippen LogP contribution in [0.1, 0.15) is 31.2 Å². The van der Waals surface area contributed by atoms with Gasteiger partial charge in [0.1, 0.15) is 5.15 Å². The molecule has 1 aliphatic carbocycles. The van der Waals surface area contributed by atoms with Crippen molar-refractivity contribution < 1.29 is 0 Å². The fraction of sp³-hybridized carbons (Fsp3) is 0.471. The van der Waals surface area contributed by atoms with Gasteiger partial charge in [0.25, 0.3) is 0 Å². The second-order valence-electron chi connectivity index (χ2n) is 6.29. The SMILES string of the molecule is NC1CCC(N2CCc3cnc(Cl)c4cccc2c34)CC1. The predicted octanol–water partition coefficient (Wildman–Crippen LogP) is 3.52. The molecule has 2 heterocycles. The number of halogens is 1. The molecule has 1 aliphatic heterocycles. The molecule has 1 saturated carbocycles. The molecule has 110 valence electrons. The Balaban J connectivity index is 1.79. The summed E-state index contributed by atoms with van der Waals surface area (Å²) in [5, 5.41) is 3.01. The third-order valence-corrected chi connectivity index (χ3v) is 5.33. The largest absolute Gasteiger partial charge is 0.368 e. The Morgan fingerprint density at radius 2 is 2.00 bits per heavy atom. The highest BCUT2D eigenvalue weighted by molar-refractivity contribution is 6.34. The molecule has 4 heteroatoms. The summed E-state index contributed by atoms with van der Waals surface area (Å²) in [5.41, 5.74) is 8.71. The van der Waals surface area contributed by atoms with Crippen molar-refractivity contribution in [1.82, 2.24) is 4.98 Å². The molecular formula is C17H20ClN3. The number of anilines is 1. The van der Waals surface area contributed by atoms with Crippen molar-refractivity contribution in [3.63, 3.8) is 0 Å². The van der Waals surface area contributed by atoms with E-state index in [4.69, 9.17) is 17.3 Å². The van der Waals surface area contributed by atoms with Gasteiger partial charge in [-0.15, -0.1) is 0 Å². The molecule has 0 spiro atoms. The number of nitrogens with two attached hydrogens (primary N) is 1. The molecule has 0 unspecified atom stereocenters. The first kappa shape index (κ1) is 13.4. The van der Waals surface area contributed by atoms with Crippen molar-refractivity contribution in [3.8, 4) is 0 Å². The highest BCUT2D eigenvalue weighted by Crippen LogP contribution is 2.39. The van der Waals surface area contributed by atoms with E-state index in [1.54, 1.807) is 0 Å². The molecule has 1 aromatic heterocycles. The Labute approximate surface area is 130 Å². The van der Waals surface area contributed by atoms with E-state index in [2.05, 4.69) is 28.1 Å². The summed E-state index contributed by atoms with van der Waals surface area (Å²) in [6.07, 6.45) is 7.68. The van der Waals surface area contributed by atoms with Gasteiger partial charge in [-0.3, -0.25) is 0 Å². The van der Waals surface area contributed by atoms with Crippen LogP contribution >= 0.6 is 11.6 Å². The van der Waals surface area contributed by atoms with Crippen LogP contribution in [-0.4, -0.2) is 23.6 Å². The molecule has 2 N–H and O–H groups in total. The van der Waals surface area contributed by atoms with Crippen LogP contribution in [-0.2, 0) is 6.42 Å². The molecule has 2 aliphatic rings. The van der Waals surface area contributed by atoms with E-state index < -0.39 is 0 Å². The van der Waals surface area contributed by atoms with E-state index in [-0.39, 0.29) is 0 Å². The van der Waals surface area contributed by atoms with E-state index in [1.165, 1.54) is 29.5 Å². The van der Waals surface area contributed by atoms with Crippen molar-refractivity contribution in [2.75, 3.05) is 11.4 Å². The maximum atomic E-state index is 6.29. The number of aromatic nitrogens is 1. The van der Waals surface area contributed by atoms with E-state index in [9.17, 15) is 0 Å². The van der Waals surface area contributed by atoms with Crippen LogP contribution in [0, 0.1) is 0 Å². The summed E-state index contributed by atoms with van der Waals surface area (Å²) >= 11 is 6.29. The van der Waals surface area contributed by atoms with E-state index in [0.717, 1.165) is 31.2 Å². The molecule has 4 rings (SSSR count). The highest BCUT2D eigenvalue weighted by atomic mass is 35.5. The van der Waals surface area contributed by atoms with Crippen molar-refractivity contribution in [3.05, 3.63) is 35.1 Å². The van der Waals surface area contributed by atoms with Gasteiger partial charge in [-0.25, -0.2) is 4.98 Å². The summed E-state index contributed by atoms with van der Waals surface area (Å²) in [6, 6.07) is 7.43. The molecule has 21 heavy (non-hydrogen) atoms. The maximum Gasteiger partial charge on any atom is 0.136 e. The molecule has 0 saturated heterocycles. The number of rotatable bonds is 1. The second kappa shape index (κ2) is 5.15. The molecule has 0 bridgehead atoms. The molecular weight excluding hydrogens is 282 g/mol. The third kappa shape index (κ3) is 2.19. The maximum absolute atomic E-state index is 6.29. The Hall–Kier alpha value is -1.32. The summed E-state index contributed by atoms with van der Waals surface area (Å²) in [6.45, 7) is 1.08. The lowest BCUT2D eigenvalue weighted by atomic mass is 9.88. The Bertz CT molecular complexity index is 677. The Kier molecular flexibility index (Phi) is 3.27. The lowest BCUT2D eigenvalue weighted by Crippen LogP contribution is -2.43. The first-order valence-corrected chi connectivity index (χ1v) is 8.20. The van der Waals surface area contributed by atoms with E-state index in [0.29, 0.717) is 17.2 Å². The zero-order valence-corrected chi connectivity index (χ0v) is 12.8. The first-order chi connectivity index (χ1) is 10.2. The Morgan fingerprint density at radius 3 is 2.81 bits per heavy atom. The smallest absolute Gasteiger partial charge is 0.136 e. The Morgan fingerprint density at radius 1 is 1.19 bits per heavy atom. The number of hydrogen-bond donors (Lipinski definition) is 1. The highest BCUT2D eigenvalue weighted by Gasteiger charge is 2.28. The summed E-state index contributed by atoms with van der Waals surface area (Å²) in [7, 11) is 0. The van der Waals surface area contributed by atoms with Gasteiger partial charge in [0.15, 0.2) is 0 Å². The zero-order valence-electron chi connectivity index (χ0n) is 12.1. The second-order valence-corrected chi connectivity index (χ2v) is 6.64. The predicted molar refractivity (Wildman–Crippen MR) is 88.0 cm³/mol. The van der Waals surface area contributed by atoms with Gasteiger partial charge in [-0.1, -0.05) is 23.7 Å². The van der Waals surface area contributed by atoms with Crippen molar-refractivity contribution in [2.45, 2.75) is 44.2 Å². The van der Waals surface area contributed by atoms with Crippen LogP contribution in [0.4, 0.5) is 5.69 Å². The van der Waals surface area contributed by atoms with Crippen LogP contribution in [0.3, 0.4) is 0 Å². The van der Waals surface area contributed by atoms with Crippen molar-refractivity contribution in [2.24, 2.45) is 5.73 Å². The normalized spacial score (nSPS) is 25.3. The molecule has 1 aromatic carbocycles. The van der Waals surface area contributed by atoms with Crippen LogP contribution in [0.5, 0.6) is 0 Å². The van der Waals surface area contributed by atoms with Crippen LogP contribution in [0.15, 0.2) is 24.4 Å². The summed E-state index contributed by atoms with van der Waals surface area (Å²) in [4.78, 5) is 6.91. The number of pyridine rings is 1. The fourth-order valence-electron chi connectivity index (χ4n) is 3.90. The van der Waals surface area contributed by atoms with Crippen LogP contribution < -0.4 is 10.6 Å². The first-order valence-electron chi connectivity index (χ1n) is 7.82. The van der Waals surface area contributed by atoms with E-state index >= 15 is 0 Å². The lowest BCUT2D eigenvalue weighted by Gasteiger charge is -2.40. The number of nitrogens with zero attached hydrogens (tertiary/aromatic N) is 2. The standard InChI is InChI=1S/C17H20ClN3/c18-17-14-2-1-3-15-16(14)11(10-20-17)8-9-21(15)13-6-4-12(19)5-7-13/h1-3,10,12-13H,4-9,19H2. The average molecular weight is 302 g/mol. The molecule has 0 atom stereocenters. The van der Waals surface area contributed by atoms with Crippen LogP contribution in [0.2, 0.25) is 5.15 Å². The summed E-state index contributed by atoms with van der Waals surface area (Å²) < 4.78 is 0. The monoisotopic (exact) mass is 301 g/mol. The molecule has 2 aromatic rings. The zero-order chi connectivity index (χ0) is 14.4. The molecule has 3 nitrogen and oxygen atoms in total. The topological polar surface area (TPSA) is 42.1 Å². The third-order valence-electron chi connectivity index (χ3n) is 5.03. The van der Waals surface area contributed by atoms with Gasteiger partial charge in [0.2, 0.25) is 0 Å². The number of hydrogen-bond acceptors (Lipinski definition) is 3. The summed E-state index contributed by atoms with van der Waals surface area (Å²) in [5.74, 6) is 0. The number of benzene rings is 1. The van der Waals surface area contributed by atoms with Gasteiger partial charge in [0, 0.05) is 41.3 Å². The van der Waals surface area contributed by atoms with Gasteiger partial charge < -0.3 is 10.6 Å². The van der Waals surface area contributed by atoms with E-state index in [1.807, 2.05) is 6.20 Å². The van der Waals surface area contributed by atoms with Gasteiger partial charge in [-0.05, 0) is 43.7 Å². The lowest BCUT2D eigenvalue weighted by molar-refractivity contribution is 0.375. The van der Waals surface area contributed by atoms with Crippen molar-refractivity contribution in [1.29, 1.82) is 0 Å². The van der Waals surface area contributed by atoms with Crippen molar-refractivity contribution >= 4 is 28.1 Å². The minimum Gasteiger partial charge on any atom is -0.368 e. The van der Waals surface area contributed by atoms with Crippen LogP contribution in [0.25, 0.3) is 10.8 Å². The molecule has 1 fully saturated rings. The van der Waals surface area contributed by atoms with Gasteiger partial charge in [-0.2, -0.15) is 0 Å². The minimum absolute atomic E-state index is 0.396. The minimum atomic E-state index is 0.396. The fourth-order valence-corrected chi connectivity index (χ4v) is 4.11. The van der Waals surface area contributed by atoms with Gasteiger partial charge >= 0.3 is 0 Å². The molecule has 0 radical (unpaired) electrons. The average Bonchev–Trinajstić information content (AvgIpc) is 2.52. The van der Waals surface area contributed by atoms with Gasteiger partial charge in [0.05, 0.1) is 0 Å². The molecule has 0 amide bonds.